The van der Waals surface area contributed by atoms with Crippen LogP contribution in [0.1, 0.15) is 23.8 Å². The Bertz CT molecular complexity index is 826. The number of carbonyl (C=O) groups is 1. The molecule has 8 heteroatoms. The molecule has 0 saturated heterocycles. The molecule has 1 heterocycles. The number of hydrogen-bond donors (Lipinski definition) is 1. The van der Waals surface area contributed by atoms with Gasteiger partial charge in [-0.1, -0.05) is 24.9 Å². The van der Waals surface area contributed by atoms with Crippen molar-refractivity contribution in [3.8, 4) is 6.07 Å². The van der Waals surface area contributed by atoms with Gasteiger partial charge in [-0.25, -0.2) is 4.39 Å². The van der Waals surface area contributed by atoms with Crippen molar-refractivity contribution in [2.24, 2.45) is 0 Å². The Labute approximate surface area is 154 Å². The molecule has 0 bridgehead atoms. The topological polar surface area (TPSA) is 57.8 Å². The summed E-state index contributed by atoms with van der Waals surface area (Å²) in [4.78, 5) is 12.6. The number of nitrogens with one attached hydrogen (secondary N) is 1. The van der Waals surface area contributed by atoms with Crippen LogP contribution in [-0.4, -0.2) is 16.0 Å². The summed E-state index contributed by atoms with van der Waals surface area (Å²) < 4.78 is 18.6. The second-order valence-electron chi connectivity index (χ2n) is 4.56. The fourth-order valence-corrected chi connectivity index (χ4v) is 4.25. The van der Waals surface area contributed by atoms with Gasteiger partial charge in [-0.3, -0.25) is 8.77 Å². The molecule has 1 N–H and O–H groups in total. The molecule has 0 aliphatic carbocycles. The first-order valence-electron chi connectivity index (χ1n) is 6.65. The van der Waals surface area contributed by atoms with Crippen molar-refractivity contribution in [1.82, 2.24) is 3.97 Å². The fraction of sp³-hybridized carbons (Fsp3) is 0.200. The van der Waals surface area contributed by atoms with Gasteiger partial charge in [0.15, 0.2) is 0 Å². The predicted molar refractivity (Wildman–Crippen MR) is 104 cm³/mol. The Morgan fingerprint density at radius 2 is 2.26 bits per heavy atom. The summed E-state index contributed by atoms with van der Waals surface area (Å²) in [6.07, 6.45) is 4.01. The van der Waals surface area contributed by atoms with Crippen molar-refractivity contribution < 1.29 is 9.18 Å². The van der Waals surface area contributed by atoms with Crippen LogP contribution in [0.5, 0.6) is 0 Å². The zero-order chi connectivity index (χ0) is 17.0. The summed E-state index contributed by atoms with van der Waals surface area (Å²) >= 11 is 3.33. The first-order valence-corrected chi connectivity index (χ1v) is 11.2. The van der Waals surface area contributed by atoms with Gasteiger partial charge in [-0.15, -0.1) is 0 Å². The third-order valence-corrected chi connectivity index (χ3v) is 5.27. The van der Waals surface area contributed by atoms with Gasteiger partial charge >= 0.3 is 0 Å². The number of aromatic nitrogens is 1. The van der Waals surface area contributed by atoms with E-state index in [1.54, 1.807) is 28.4 Å². The van der Waals surface area contributed by atoms with Crippen LogP contribution in [0.2, 0.25) is 0 Å². The van der Waals surface area contributed by atoms with Crippen LogP contribution in [0, 0.1) is 17.1 Å². The van der Waals surface area contributed by atoms with E-state index in [9.17, 15) is 9.18 Å². The van der Waals surface area contributed by atoms with E-state index in [1.807, 2.05) is 34.2 Å². The smallest absolute Gasteiger partial charge is 0.220 e. The minimum Gasteiger partial charge on any atom is -0.328 e. The van der Waals surface area contributed by atoms with Crippen LogP contribution in [0.25, 0.3) is 10.9 Å². The number of nitrogens with zero attached hydrogens (tertiary/aromatic N) is 2. The zero-order valence-electron chi connectivity index (χ0n) is 12.4. The lowest BCUT2D eigenvalue weighted by Gasteiger charge is -2.06. The number of anilines is 1. The van der Waals surface area contributed by atoms with Gasteiger partial charge < -0.3 is 4.72 Å². The maximum atomic E-state index is 14.1. The monoisotopic (exact) mass is 461 g/mol. The standard InChI is InChI=1S/C15H13FIN3OS2/c1-3-4-9(8-18)15(21)14-6-10-5-12(19-22-2)11(16)7-13(10)20(14)23-17/h4-7,19H,3H2,1-2H3/b9-4+. The first kappa shape index (κ1) is 18.2. The van der Waals surface area contributed by atoms with Crippen LogP contribution in [0.4, 0.5) is 10.1 Å². The molecule has 0 atom stereocenters. The second-order valence-corrected chi connectivity index (χ2v) is 6.85. The van der Waals surface area contributed by atoms with E-state index >= 15 is 0 Å². The van der Waals surface area contributed by atoms with Crippen molar-refractivity contribution in [2.75, 3.05) is 11.0 Å². The molecule has 1 aromatic carbocycles. The van der Waals surface area contributed by atoms with Crippen molar-refractivity contribution in [2.45, 2.75) is 13.3 Å². The number of fused-ring (bicyclic) bond motifs is 1. The van der Waals surface area contributed by atoms with Crippen LogP contribution < -0.4 is 4.72 Å². The van der Waals surface area contributed by atoms with Gasteiger partial charge in [0.05, 0.1) is 16.8 Å². The molecule has 120 valence electrons. The van der Waals surface area contributed by atoms with Crippen LogP contribution in [0.3, 0.4) is 0 Å². The lowest BCUT2D eigenvalue weighted by atomic mass is 10.1. The molecular formula is C15H13FIN3OS2. The van der Waals surface area contributed by atoms with Crippen LogP contribution >= 0.6 is 42.3 Å². The van der Waals surface area contributed by atoms with E-state index in [0.29, 0.717) is 23.3 Å². The van der Waals surface area contributed by atoms with E-state index in [1.165, 1.54) is 27.1 Å². The molecular weight excluding hydrogens is 448 g/mol. The second kappa shape index (κ2) is 8.08. The van der Waals surface area contributed by atoms with Gasteiger partial charge in [-0.2, -0.15) is 5.26 Å². The Morgan fingerprint density at radius 3 is 2.83 bits per heavy atom. The van der Waals surface area contributed by atoms with Gasteiger partial charge in [0.2, 0.25) is 5.78 Å². The Kier molecular flexibility index (Phi) is 6.38. The summed E-state index contributed by atoms with van der Waals surface area (Å²) in [5.74, 6) is -0.741. The van der Waals surface area contributed by atoms with Crippen molar-refractivity contribution in [3.63, 3.8) is 0 Å². The van der Waals surface area contributed by atoms with E-state index in [4.69, 9.17) is 5.26 Å². The van der Waals surface area contributed by atoms with Gasteiger partial charge in [0, 0.05) is 48.0 Å². The number of hydrogen-bond acceptors (Lipinski definition) is 5. The maximum Gasteiger partial charge on any atom is 0.220 e. The average Bonchev–Trinajstić information content (AvgIpc) is 2.90. The molecule has 0 unspecified atom stereocenters. The highest BCUT2D eigenvalue weighted by Gasteiger charge is 2.20. The molecule has 2 rings (SSSR count). The Morgan fingerprint density at radius 1 is 1.52 bits per heavy atom. The molecule has 0 spiro atoms. The average molecular weight is 461 g/mol. The van der Waals surface area contributed by atoms with Crippen molar-refractivity contribution >= 4 is 64.6 Å². The molecule has 0 amide bonds. The number of carbonyl (C=O) groups excluding carboxylic acids is 1. The SMILES string of the molecule is CC/C=C(\C#N)C(=O)c1cc2cc(NSC)c(F)cc2n1SI. The van der Waals surface area contributed by atoms with Gasteiger partial charge in [-0.05, 0) is 18.6 Å². The number of nitriles is 1. The van der Waals surface area contributed by atoms with Gasteiger partial charge in [0.25, 0.3) is 0 Å². The minimum atomic E-state index is -0.389. The predicted octanol–water partition coefficient (Wildman–Crippen LogP) is 5.36. The molecule has 0 aliphatic heterocycles. The largest absolute Gasteiger partial charge is 0.328 e. The Hall–Kier alpha value is -1.18. The van der Waals surface area contributed by atoms with Crippen molar-refractivity contribution in [1.29, 1.82) is 5.26 Å². The van der Waals surface area contributed by atoms with Crippen LogP contribution in [-0.2, 0) is 0 Å². The molecule has 4 nitrogen and oxygen atoms in total. The lowest BCUT2D eigenvalue weighted by molar-refractivity contribution is 0.103. The number of halogens is 2. The summed E-state index contributed by atoms with van der Waals surface area (Å²) in [6, 6.07) is 6.68. The zero-order valence-corrected chi connectivity index (χ0v) is 16.2. The number of rotatable bonds is 6. The number of ketones is 1. The normalized spacial score (nSPS) is 11.5. The van der Waals surface area contributed by atoms with Crippen LogP contribution in [0.15, 0.2) is 29.8 Å². The Balaban J connectivity index is 2.64. The molecule has 0 aliphatic rings. The van der Waals surface area contributed by atoms with E-state index < -0.39 is 0 Å². The quantitative estimate of drug-likeness (QED) is 0.206. The molecule has 0 fully saturated rings. The minimum absolute atomic E-state index is 0.102. The highest BCUT2D eigenvalue weighted by molar-refractivity contribution is 14.2. The highest BCUT2D eigenvalue weighted by atomic mass is 127. The van der Waals surface area contributed by atoms with E-state index in [-0.39, 0.29) is 17.2 Å². The number of Topliss-reactive ketones (excluding diaryl/α,β-unsaturated/α-hetero) is 1. The molecule has 0 saturated carbocycles. The van der Waals surface area contributed by atoms with E-state index in [0.717, 1.165) is 5.39 Å². The van der Waals surface area contributed by atoms with E-state index in [2.05, 4.69) is 4.72 Å². The molecule has 23 heavy (non-hydrogen) atoms. The highest BCUT2D eigenvalue weighted by Crippen LogP contribution is 2.33. The van der Waals surface area contributed by atoms with Crippen molar-refractivity contribution in [3.05, 3.63) is 41.4 Å². The third-order valence-electron chi connectivity index (χ3n) is 3.13. The molecule has 0 radical (unpaired) electrons. The fourth-order valence-electron chi connectivity index (χ4n) is 2.16. The lowest BCUT2D eigenvalue weighted by Crippen LogP contribution is -2.06. The molecule has 2 aromatic rings. The summed E-state index contributed by atoms with van der Waals surface area (Å²) in [7, 11) is 1.27. The van der Waals surface area contributed by atoms with Gasteiger partial charge in [0.1, 0.15) is 17.6 Å². The summed E-state index contributed by atoms with van der Waals surface area (Å²) in [6.45, 7) is 1.86. The molecule has 1 aromatic heterocycles. The number of benzene rings is 1. The first-order chi connectivity index (χ1) is 11.1. The maximum absolute atomic E-state index is 14.1. The summed E-state index contributed by atoms with van der Waals surface area (Å²) in [5.41, 5.74) is 1.43. The number of allylic oxidation sites excluding steroid dienone is 2. The third kappa shape index (κ3) is 3.67. The summed E-state index contributed by atoms with van der Waals surface area (Å²) in [5, 5.41) is 9.90.